The largest absolute Gasteiger partial charge is 0.382 e. The van der Waals surface area contributed by atoms with Crippen LogP contribution in [-0.4, -0.2) is 5.11 Å². The van der Waals surface area contributed by atoms with Gasteiger partial charge in [-0.25, -0.2) is 0 Å². The zero-order valence-corrected chi connectivity index (χ0v) is 14.6. The number of fused-ring (bicyclic) bond motifs is 1. The molecule has 4 nitrogen and oxygen atoms in total. The summed E-state index contributed by atoms with van der Waals surface area (Å²) in [6.07, 6.45) is 5.14. The van der Waals surface area contributed by atoms with Crippen LogP contribution >= 0.6 is 0 Å². The van der Waals surface area contributed by atoms with E-state index in [4.69, 9.17) is 0 Å². The second kappa shape index (κ2) is 6.90. The number of rotatable bonds is 3. The highest BCUT2D eigenvalue weighted by molar-refractivity contribution is 5.75. The number of para-hydroxylation sites is 2. The molecular weight excluding hydrogens is 310 g/mol. The molecule has 25 heavy (non-hydrogen) atoms. The summed E-state index contributed by atoms with van der Waals surface area (Å²) in [7, 11) is 0. The molecule has 1 aliphatic carbocycles. The van der Waals surface area contributed by atoms with Crippen LogP contribution in [0.4, 0.5) is 11.4 Å². The van der Waals surface area contributed by atoms with E-state index in [1.54, 1.807) is 0 Å². The van der Waals surface area contributed by atoms with E-state index < -0.39 is 6.10 Å². The fourth-order valence-electron chi connectivity index (χ4n) is 3.76. The van der Waals surface area contributed by atoms with Gasteiger partial charge in [-0.15, -0.1) is 5.53 Å². The lowest BCUT2D eigenvalue weighted by Crippen LogP contribution is -2.38. The Morgan fingerprint density at radius 3 is 2.48 bits per heavy atom. The molecule has 130 valence electrons. The maximum absolute atomic E-state index is 11.2. The summed E-state index contributed by atoms with van der Waals surface area (Å²) >= 11 is 0. The van der Waals surface area contributed by atoms with E-state index in [0.717, 1.165) is 35.5 Å². The summed E-state index contributed by atoms with van der Waals surface area (Å²) in [4.78, 5) is 0. The molecule has 2 aliphatic rings. The van der Waals surface area contributed by atoms with Gasteiger partial charge in [0.2, 0.25) is 0 Å². The predicted octanol–water partition coefficient (Wildman–Crippen LogP) is 4.60. The van der Waals surface area contributed by atoms with Gasteiger partial charge < -0.3 is 10.5 Å². The average molecular weight is 335 g/mol. The van der Waals surface area contributed by atoms with Crippen LogP contribution in [0.1, 0.15) is 49.3 Å². The average Bonchev–Trinajstić information content (AvgIpc) is 3.07. The van der Waals surface area contributed by atoms with Crippen LogP contribution in [0.15, 0.2) is 59.8 Å². The standard InChI is InChI=1S/C21H25N3O/c1-15-11-13-17(14-12-15)21(25)20(16-7-3-2-4-8-16)24-19-10-6-5-9-18(19)22-23-24/h5-6,9-14,21-23,25H,2-4,7-8H2,1H3. The normalized spacial score (nSPS) is 17.8. The van der Waals surface area contributed by atoms with Crippen LogP contribution < -0.4 is 16.0 Å². The highest BCUT2D eigenvalue weighted by Crippen LogP contribution is 2.39. The Hall–Kier alpha value is -2.30. The molecule has 1 fully saturated rings. The molecule has 2 aromatic carbocycles. The first-order chi connectivity index (χ1) is 12.2. The van der Waals surface area contributed by atoms with Gasteiger partial charge in [0.1, 0.15) is 6.10 Å². The van der Waals surface area contributed by atoms with Crippen molar-refractivity contribution >= 4 is 11.4 Å². The number of benzene rings is 2. The van der Waals surface area contributed by atoms with Crippen molar-refractivity contribution in [2.75, 3.05) is 10.4 Å². The van der Waals surface area contributed by atoms with E-state index in [2.05, 4.69) is 36.1 Å². The molecule has 1 atom stereocenters. The van der Waals surface area contributed by atoms with Crippen LogP contribution in [0, 0.1) is 6.92 Å². The molecule has 4 heteroatoms. The predicted molar refractivity (Wildman–Crippen MR) is 102 cm³/mol. The molecule has 1 heterocycles. The van der Waals surface area contributed by atoms with Gasteiger partial charge in [-0.2, -0.15) is 0 Å². The van der Waals surface area contributed by atoms with Crippen LogP contribution in [0.3, 0.4) is 0 Å². The Morgan fingerprint density at radius 2 is 1.72 bits per heavy atom. The molecule has 1 saturated carbocycles. The van der Waals surface area contributed by atoms with E-state index >= 15 is 0 Å². The number of anilines is 2. The number of aryl methyl sites for hydroxylation is 1. The van der Waals surface area contributed by atoms with Gasteiger partial charge in [0, 0.05) is 0 Å². The van der Waals surface area contributed by atoms with Crippen LogP contribution in [-0.2, 0) is 0 Å². The first-order valence-electron chi connectivity index (χ1n) is 9.11. The van der Waals surface area contributed by atoms with Gasteiger partial charge in [-0.1, -0.05) is 48.4 Å². The second-order valence-corrected chi connectivity index (χ2v) is 6.95. The Labute approximate surface area is 149 Å². The monoisotopic (exact) mass is 335 g/mol. The molecule has 0 amide bonds. The van der Waals surface area contributed by atoms with Gasteiger partial charge in [0.25, 0.3) is 0 Å². The number of nitrogens with one attached hydrogen (secondary N) is 2. The molecule has 0 bridgehead atoms. The van der Waals surface area contributed by atoms with Gasteiger partial charge in [-0.3, -0.25) is 5.01 Å². The Balaban J connectivity index is 1.76. The van der Waals surface area contributed by atoms with Crippen molar-refractivity contribution in [3.63, 3.8) is 0 Å². The van der Waals surface area contributed by atoms with E-state index in [0.29, 0.717) is 0 Å². The van der Waals surface area contributed by atoms with Crippen molar-refractivity contribution in [3.05, 3.63) is 70.9 Å². The zero-order valence-electron chi connectivity index (χ0n) is 14.6. The first-order valence-corrected chi connectivity index (χ1v) is 9.11. The number of hydrogen-bond acceptors (Lipinski definition) is 4. The topological polar surface area (TPSA) is 47.5 Å². The van der Waals surface area contributed by atoms with Gasteiger partial charge >= 0.3 is 0 Å². The third kappa shape index (κ3) is 3.15. The van der Waals surface area contributed by atoms with Gasteiger partial charge in [-0.05, 0) is 55.9 Å². The van der Waals surface area contributed by atoms with Crippen LogP contribution in [0.25, 0.3) is 0 Å². The maximum atomic E-state index is 11.2. The van der Waals surface area contributed by atoms with Gasteiger partial charge in [0.15, 0.2) is 0 Å². The van der Waals surface area contributed by atoms with Crippen molar-refractivity contribution in [2.24, 2.45) is 0 Å². The molecule has 0 aromatic heterocycles. The SMILES string of the molecule is Cc1ccc(C(O)C(=C2CCCCC2)N2NNc3ccccc32)cc1. The summed E-state index contributed by atoms with van der Waals surface area (Å²) in [5, 5.41) is 13.3. The summed E-state index contributed by atoms with van der Waals surface area (Å²) in [6.45, 7) is 2.07. The molecule has 1 unspecified atom stereocenters. The fraction of sp³-hybridized carbons (Fsp3) is 0.333. The molecule has 1 aliphatic heterocycles. The molecule has 0 spiro atoms. The van der Waals surface area contributed by atoms with Crippen LogP contribution in [0.5, 0.6) is 0 Å². The van der Waals surface area contributed by atoms with Crippen molar-refractivity contribution in [1.82, 2.24) is 5.53 Å². The van der Waals surface area contributed by atoms with Crippen LogP contribution in [0.2, 0.25) is 0 Å². The molecule has 0 radical (unpaired) electrons. The van der Waals surface area contributed by atoms with E-state index in [1.165, 1.54) is 30.4 Å². The number of hydrazine groups is 2. The zero-order chi connectivity index (χ0) is 17.2. The first kappa shape index (κ1) is 16.2. The van der Waals surface area contributed by atoms with Crippen molar-refractivity contribution in [2.45, 2.75) is 45.1 Å². The van der Waals surface area contributed by atoms with Gasteiger partial charge in [0.05, 0.1) is 17.1 Å². The number of nitrogens with zero attached hydrogens (tertiary/aromatic N) is 1. The summed E-state index contributed by atoms with van der Waals surface area (Å²) < 4.78 is 0. The lowest BCUT2D eigenvalue weighted by Gasteiger charge is -2.30. The highest BCUT2D eigenvalue weighted by atomic mass is 16.3. The molecule has 2 aromatic rings. The third-order valence-electron chi connectivity index (χ3n) is 5.16. The fourth-order valence-corrected chi connectivity index (χ4v) is 3.76. The van der Waals surface area contributed by atoms with E-state index in [9.17, 15) is 5.11 Å². The second-order valence-electron chi connectivity index (χ2n) is 6.95. The van der Waals surface area contributed by atoms with Crippen molar-refractivity contribution in [3.8, 4) is 0 Å². The quantitative estimate of drug-likeness (QED) is 0.767. The minimum atomic E-state index is -0.644. The van der Waals surface area contributed by atoms with Crippen molar-refractivity contribution in [1.29, 1.82) is 0 Å². The summed E-state index contributed by atoms with van der Waals surface area (Å²) in [6, 6.07) is 16.3. The third-order valence-corrected chi connectivity index (χ3v) is 5.16. The molecular formula is C21H25N3O. The lowest BCUT2D eigenvalue weighted by molar-refractivity contribution is 0.207. The smallest absolute Gasteiger partial charge is 0.121 e. The lowest BCUT2D eigenvalue weighted by atomic mass is 9.90. The molecule has 3 N–H and O–H groups in total. The number of allylic oxidation sites excluding steroid dienone is 1. The Kier molecular flexibility index (Phi) is 4.47. The summed E-state index contributed by atoms with van der Waals surface area (Å²) in [5.41, 5.74) is 13.0. The highest BCUT2D eigenvalue weighted by Gasteiger charge is 2.29. The summed E-state index contributed by atoms with van der Waals surface area (Å²) in [5.74, 6) is 0. The maximum Gasteiger partial charge on any atom is 0.121 e. The Morgan fingerprint density at radius 1 is 1.00 bits per heavy atom. The van der Waals surface area contributed by atoms with E-state index in [-0.39, 0.29) is 0 Å². The number of aliphatic hydroxyl groups excluding tert-OH is 1. The number of hydrogen-bond donors (Lipinski definition) is 3. The van der Waals surface area contributed by atoms with Crippen molar-refractivity contribution < 1.29 is 5.11 Å². The minimum absolute atomic E-state index is 0.644. The molecule has 4 rings (SSSR count). The number of aliphatic hydroxyl groups is 1. The van der Waals surface area contributed by atoms with E-state index in [1.807, 2.05) is 35.3 Å². The Bertz CT molecular complexity index is 774. The molecule has 0 saturated heterocycles. The minimum Gasteiger partial charge on any atom is -0.382 e.